The summed E-state index contributed by atoms with van der Waals surface area (Å²) in [6.45, 7) is 2.54. The van der Waals surface area contributed by atoms with Crippen molar-refractivity contribution in [2.75, 3.05) is 0 Å². The number of allylic oxidation sites excluding steroid dienone is 4. The quantitative estimate of drug-likeness (QED) is 0.178. The lowest BCUT2D eigenvalue weighted by molar-refractivity contribution is -0.137. The van der Waals surface area contributed by atoms with E-state index in [1.165, 1.54) is 69.8 Å². The number of carbonyl (C=O) groups is 1. The number of nitriles is 1. The molecule has 0 radical (unpaired) electrons. The van der Waals surface area contributed by atoms with E-state index in [4.69, 9.17) is 5.11 Å². The number of oxime groups is 1. The summed E-state index contributed by atoms with van der Waals surface area (Å²) in [6.07, 6.45) is 21.2. The minimum atomic E-state index is -0.684. The Bertz CT molecular complexity index is 926. The fourth-order valence-corrected chi connectivity index (χ4v) is 8.42. The molecule has 5 nitrogen and oxygen atoms in total. The zero-order valence-corrected chi connectivity index (χ0v) is 21.7. The van der Waals surface area contributed by atoms with E-state index < -0.39 is 5.97 Å². The predicted molar refractivity (Wildman–Crippen MR) is 138 cm³/mol. The Morgan fingerprint density at radius 2 is 1.80 bits per heavy atom. The summed E-state index contributed by atoms with van der Waals surface area (Å²) < 4.78 is 0. The summed E-state index contributed by atoms with van der Waals surface area (Å²) in [6, 6.07) is 2.62. The Hall–Kier alpha value is -2.09. The molecule has 0 bridgehead atoms. The molecule has 2 N–H and O–H groups in total. The first-order valence-corrected chi connectivity index (χ1v) is 14.2. The van der Waals surface area contributed by atoms with E-state index in [2.05, 4.69) is 24.2 Å². The number of hydrogen-bond donors (Lipinski definition) is 2. The second kappa shape index (κ2) is 11.3. The van der Waals surface area contributed by atoms with Gasteiger partial charge in [0.2, 0.25) is 0 Å². The molecule has 0 aromatic carbocycles. The van der Waals surface area contributed by atoms with Crippen LogP contribution in [0.3, 0.4) is 0 Å². The molecule has 0 amide bonds. The van der Waals surface area contributed by atoms with Gasteiger partial charge in [-0.1, -0.05) is 56.2 Å². The van der Waals surface area contributed by atoms with Crippen LogP contribution in [0, 0.1) is 34.0 Å². The third-order valence-corrected chi connectivity index (χ3v) is 10.4. The number of hydrogen-bond acceptors (Lipinski definition) is 4. The van der Waals surface area contributed by atoms with Crippen molar-refractivity contribution < 1.29 is 15.1 Å². The SMILES string of the molecule is C[C@]12CCC3=C4CCC(=NO)C=C4CCC3C1CC[C@]2(CC#N)CCCCCCCCCC(=O)O. The number of unbranched alkanes of at least 4 members (excludes halogenated alkanes) is 6. The van der Waals surface area contributed by atoms with Gasteiger partial charge in [-0.25, -0.2) is 0 Å². The second-order valence-corrected chi connectivity index (χ2v) is 12.0. The molecule has 2 fully saturated rings. The minimum absolute atomic E-state index is 0.170. The lowest BCUT2D eigenvalue weighted by atomic mass is 9.50. The maximum absolute atomic E-state index is 10.6. The number of nitrogens with zero attached hydrogens (tertiary/aromatic N) is 2. The highest BCUT2D eigenvalue weighted by atomic mass is 16.4. The standard InChI is InChI=1S/C30H44N2O3/c1-29-17-14-25-24-13-11-23(32-35)21-22(24)10-12-26(25)27(29)15-18-30(29,19-20-31)16-8-6-4-2-3-5-7-9-28(33)34/h21,26-27,35H,2-19H2,1H3,(H,33,34)/t26?,27?,29-,30-/m0/s1. The van der Waals surface area contributed by atoms with Crippen LogP contribution in [-0.2, 0) is 4.79 Å². The zero-order chi connectivity index (χ0) is 24.9. The van der Waals surface area contributed by atoms with Crippen molar-refractivity contribution in [3.8, 4) is 6.07 Å². The third kappa shape index (κ3) is 5.23. The number of carboxylic acid groups (broad SMARTS) is 1. The van der Waals surface area contributed by atoms with Crippen LogP contribution in [0.2, 0.25) is 0 Å². The van der Waals surface area contributed by atoms with Gasteiger partial charge in [-0.05, 0) is 104 Å². The molecule has 2 unspecified atom stereocenters. The lowest BCUT2D eigenvalue weighted by Gasteiger charge is -2.53. The van der Waals surface area contributed by atoms with E-state index >= 15 is 0 Å². The number of fused-ring (bicyclic) bond motifs is 4. The van der Waals surface area contributed by atoms with Gasteiger partial charge >= 0.3 is 5.97 Å². The molecular weight excluding hydrogens is 436 g/mol. The van der Waals surface area contributed by atoms with Crippen LogP contribution in [0.4, 0.5) is 0 Å². The first-order valence-electron chi connectivity index (χ1n) is 14.2. The van der Waals surface area contributed by atoms with E-state index in [9.17, 15) is 15.3 Å². The highest BCUT2D eigenvalue weighted by molar-refractivity contribution is 5.97. The monoisotopic (exact) mass is 480 g/mol. The van der Waals surface area contributed by atoms with Crippen LogP contribution in [0.25, 0.3) is 0 Å². The van der Waals surface area contributed by atoms with Gasteiger partial charge in [-0.3, -0.25) is 4.79 Å². The number of carboxylic acids is 1. The van der Waals surface area contributed by atoms with Gasteiger partial charge in [0.25, 0.3) is 0 Å². The fourth-order valence-electron chi connectivity index (χ4n) is 8.42. The Morgan fingerprint density at radius 1 is 1.06 bits per heavy atom. The highest BCUT2D eigenvalue weighted by Gasteiger charge is 2.60. The predicted octanol–water partition coefficient (Wildman–Crippen LogP) is 7.95. The van der Waals surface area contributed by atoms with Gasteiger partial charge in [0.05, 0.1) is 11.8 Å². The lowest BCUT2D eigenvalue weighted by Crippen LogP contribution is -2.45. The molecule has 0 aromatic heterocycles. The van der Waals surface area contributed by atoms with Crippen LogP contribution >= 0.6 is 0 Å². The van der Waals surface area contributed by atoms with E-state index in [0.29, 0.717) is 24.7 Å². The van der Waals surface area contributed by atoms with Gasteiger partial charge in [0, 0.05) is 12.8 Å². The summed E-state index contributed by atoms with van der Waals surface area (Å²) in [4.78, 5) is 10.6. The number of rotatable bonds is 11. The highest BCUT2D eigenvalue weighted by Crippen LogP contribution is 2.69. The van der Waals surface area contributed by atoms with Crippen molar-refractivity contribution in [2.24, 2.45) is 27.8 Å². The van der Waals surface area contributed by atoms with Crippen LogP contribution in [0.15, 0.2) is 28.0 Å². The van der Waals surface area contributed by atoms with Gasteiger partial charge in [0.15, 0.2) is 0 Å². The van der Waals surface area contributed by atoms with E-state index in [1.54, 1.807) is 11.1 Å². The zero-order valence-electron chi connectivity index (χ0n) is 21.7. The molecule has 192 valence electrons. The fraction of sp³-hybridized carbons (Fsp3) is 0.767. The van der Waals surface area contributed by atoms with Crippen molar-refractivity contribution in [1.82, 2.24) is 0 Å². The summed E-state index contributed by atoms with van der Waals surface area (Å²) in [5, 5.41) is 31.3. The Balaban J connectivity index is 1.37. The molecule has 2 saturated carbocycles. The summed E-state index contributed by atoms with van der Waals surface area (Å²) >= 11 is 0. The second-order valence-electron chi connectivity index (χ2n) is 12.0. The largest absolute Gasteiger partial charge is 0.481 e. The minimum Gasteiger partial charge on any atom is -0.481 e. The van der Waals surface area contributed by atoms with Crippen LogP contribution in [0.1, 0.15) is 122 Å². The smallest absolute Gasteiger partial charge is 0.303 e. The topological polar surface area (TPSA) is 93.7 Å². The average molecular weight is 481 g/mol. The molecular formula is C30H44N2O3. The molecule has 0 spiro atoms. The molecule has 4 atom stereocenters. The molecule has 4 aliphatic rings. The number of aliphatic carboxylic acids is 1. The molecule has 0 aromatic rings. The van der Waals surface area contributed by atoms with Gasteiger partial charge < -0.3 is 10.3 Å². The van der Waals surface area contributed by atoms with Crippen LogP contribution in [0.5, 0.6) is 0 Å². The van der Waals surface area contributed by atoms with E-state index in [1.807, 2.05) is 0 Å². The van der Waals surface area contributed by atoms with Crippen molar-refractivity contribution in [3.05, 3.63) is 22.8 Å². The molecule has 5 heteroatoms. The van der Waals surface area contributed by atoms with Crippen LogP contribution in [-0.4, -0.2) is 22.0 Å². The van der Waals surface area contributed by atoms with Crippen molar-refractivity contribution in [2.45, 2.75) is 122 Å². The normalized spacial score (nSPS) is 33.0. The van der Waals surface area contributed by atoms with E-state index in [0.717, 1.165) is 44.2 Å². The first kappa shape index (κ1) is 26.0. The summed E-state index contributed by atoms with van der Waals surface area (Å²) in [5.41, 5.74) is 5.97. The van der Waals surface area contributed by atoms with Crippen molar-refractivity contribution in [1.29, 1.82) is 5.26 Å². The molecule has 35 heavy (non-hydrogen) atoms. The van der Waals surface area contributed by atoms with Crippen molar-refractivity contribution >= 4 is 11.7 Å². The maximum atomic E-state index is 10.6. The summed E-state index contributed by atoms with van der Waals surface area (Å²) in [5.74, 6) is 0.701. The van der Waals surface area contributed by atoms with Gasteiger partial charge in [0.1, 0.15) is 0 Å². The van der Waals surface area contributed by atoms with Crippen LogP contribution < -0.4 is 0 Å². The molecule has 4 rings (SSSR count). The van der Waals surface area contributed by atoms with Gasteiger partial charge in [-0.15, -0.1) is 0 Å². The maximum Gasteiger partial charge on any atom is 0.303 e. The first-order chi connectivity index (χ1) is 16.9. The van der Waals surface area contributed by atoms with Gasteiger partial charge in [-0.2, -0.15) is 5.26 Å². The van der Waals surface area contributed by atoms with E-state index in [-0.39, 0.29) is 10.8 Å². The Kier molecular flexibility index (Phi) is 8.40. The Morgan fingerprint density at radius 3 is 2.51 bits per heavy atom. The molecule has 0 saturated heterocycles. The Labute approximate surface area is 211 Å². The summed E-state index contributed by atoms with van der Waals surface area (Å²) in [7, 11) is 0. The average Bonchev–Trinajstić information content (AvgIpc) is 3.14. The molecule has 0 aliphatic heterocycles. The molecule has 4 aliphatic carbocycles. The molecule has 0 heterocycles. The third-order valence-electron chi connectivity index (χ3n) is 10.4. The van der Waals surface area contributed by atoms with Crippen molar-refractivity contribution in [3.63, 3.8) is 0 Å².